The molecule has 0 aliphatic carbocycles. The second-order valence-corrected chi connectivity index (χ2v) is 5.03. The third-order valence-electron chi connectivity index (χ3n) is 2.47. The lowest BCUT2D eigenvalue weighted by molar-refractivity contribution is -0.0361. The molecule has 1 N–H and O–H groups in total. The number of benzene rings is 1. The SMILES string of the molecule is CC1(C(O)c2ccccc2)OCCS1. The molecule has 14 heavy (non-hydrogen) atoms. The summed E-state index contributed by atoms with van der Waals surface area (Å²) in [6.07, 6.45) is -0.545. The zero-order valence-corrected chi connectivity index (χ0v) is 8.96. The van der Waals surface area contributed by atoms with Gasteiger partial charge in [-0.15, -0.1) is 11.8 Å². The van der Waals surface area contributed by atoms with Crippen LogP contribution in [-0.2, 0) is 4.74 Å². The number of thioether (sulfide) groups is 1. The first-order valence-corrected chi connectivity index (χ1v) is 5.72. The second-order valence-electron chi connectivity index (χ2n) is 3.53. The van der Waals surface area contributed by atoms with E-state index in [-0.39, 0.29) is 0 Å². The van der Waals surface area contributed by atoms with Crippen molar-refractivity contribution < 1.29 is 9.84 Å². The Balaban J connectivity index is 2.19. The Kier molecular flexibility index (Phi) is 2.81. The van der Waals surface area contributed by atoms with E-state index in [1.807, 2.05) is 37.3 Å². The lowest BCUT2D eigenvalue weighted by Crippen LogP contribution is -2.28. The van der Waals surface area contributed by atoms with Crippen molar-refractivity contribution in [3.05, 3.63) is 35.9 Å². The summed E-state index contributed by atoms with van der Waals surface area (Å²) >= 11 is 1.68. The zero-order chi connectivity index (χ0) is 10.0. The molecule has 2 nitrogen and oxygen atoms in total. The van der Waals surface area contributed by atoms with Crippen LogP contribution in [0.4, 0.5) is 0 Å². The molecule has 1 aliphatic rings. The van der Waals surface area contributed by atoms with Gasteiger partial charge in [-0.1, -0.05) is 30.3 Å². The summed E-state index contributed by atoms with van der Waals surface area (Å²) in [5.41, 5.74) is 0.921. The Morgan fingerprint density at radius 3 is 2.71 bits per heavy atom. The number of rotatable bonds is 2. The molecule has 76 valence electrons. The molecule has 1 fully saturated rings. The molecule has 1 heterocycles. The highest BCUT2D eigenvalue weighted by molar-refractivity contribution is 8.00. The first-order chi connectivity index (χ1) is 6.72. The minimum atomic E-state index is -0.545. The van der Waals surface area contributed by atoms with Crippen molar-refractivity contribution in [1.29, 1.82) is 0 Å². The van der Waals surface area contributed by atoms with Gasteiger partial charge >= 0.3 is 0 Å². The number of ether oxygens (including phenoxy) is 1. The molecule has 0 bridgehead atoms. The van der Waals surface area contributed by atoms with Gasteiger partial charge in [0.15, 0.2) is 0 Å². The smallest absolute Gasteiger partial charge is 0.141 e. The Labute approximate surface area is 88.3 Å². The van der Waals surface area contributed by atoms with Crippen LogP contribution in [0.1, 0.15) is 18.6 Å². The van der Waals surface area contributed by atoms with E-state index in [1.54, 1.807) is 11.8 Å². The minimum Gasteiger partial charge on any atom is -0.384 e. The Hall–Kier alpha value is -0.510. The van der Waals surface area contributed by atoms with Gasteiger partial charge in [0.25, 0.3) is 0 Å². The molecular formula is C11H14O2S. The van der Waals surface area contributed by atoms with Gasteiger partial charge in [0, 0.05) is 5.75 Å². The molecule has 0 saturated carbocycles. The fourth-order valence-electron chi connectivity index (χ4n) is 1.63. The van der Waals surface area contributed by atoms with E-state index in [0.717, 1.165) is 17.9 Å². The normalized spacial score (nSPS) is 29.0. The van der Waals surface area contributed by atoms with Gasteiger partial charge < -0.3 is 9.84 Å². The van der Waals surface area contributed by atoms with Crippen LogP contribution < -0.4 is 0 Å². The summed E-state index contributed by atoms with van der Waals surface area (Å²) in [4.78, 5) is -0.471. The maximum absolute atomic E-state index is 10.1. The Bertz CT molecular complexity index is 293. The topological polar surface area (TPSA) is 29.5 Å². The van der Waals surface area contributed by atoms with Crippen LogP contribution in [-0.4, -0.2) is 22.4 Å². The molecule has 2 atom stereocenters. The number of hydrogen-bond donors (Lipinski definition) is 1. The first kappa shape index (κ1) is 10.0. The molecule has 0 amide bonds. The largest absolute Gasteiger partial charge is 0.384 e. The summed E-state index contributed by atoms with van der Waals surface area (Å²) in [5, 5.41) is 10.1. The standard InChI is InChI=1S/C11H14O2S/c1-11(13-7-8-14-11)10(12)9-5-3-2-4-6-9/h2-6,10,12H,7-8H2,1H3. The predicted octanol–water partition coefficient (Wildman–Crippen LogP) is 2.20. The molecule has 1 aliphatic heterocycles. The zero-order valence-electron chi connectivity index (χ0n) is 8.14. The summed E-state index contributed by atoms with van der Waals surface area (Å²) in [6.45, 7) is 2.67. The van der Waals surface area contributed by atoms with Gasteiger partial charge in [-0.2, -0.15) is 0 Å². The lowest BCUT2D eigenvalue weighted by Gasteiger charge is -2.28. The summed E-state index contributed by atoms with van der Waals surface area (Å²) in [7, 11) is 0. The Morgan fingerprint density at radius 1 is 1.43 bits per heavy atom. The first-order valence-electron chi connectivity index (χ1n) is 4.73. The monoisotopic (exact) mass is 210 g/mol. The van der Waals surface area contributed by atoms with Crippen LogP contribution in [0.15, 0.2) is 30.3 Å². The highest BCUT2D eigenvalue weighted by atomic mass is 32.2. The molecule has 0 spiro atoms. The van der Waals surface area contributed by atoms with E-state index < -0.39 is 11.0 Å². The highest BCUT2D eigenvalue weighted by Gasteiger charge is 2.39. The fraction of sp³-hybridized carbons (Fsp3) is 0.455. The minimum absolute atomic E-state index is 0.471. The van der Waals surface area contributed by atoms with Crippen molar-refractivity contribution >= 4 is 11.8 Å². The number of aliphatic hydroxyl groups is 1. The molecular weight excluding hydrogens is 196 g/mol. The maximum Gasteiger partial charge on any atom is 0.141 e. The van der Waals surface area contributed by atoms with Crippen LogP contribution in [0.5, 0.6) is 0 Å². The Morgan fingerprint density at radius 2 is 2.14 bits per heavy atom. The van der Waals surface area contributed by atoms with E-state index in [2.05, 4.69) is 0 Å². The molecule has 3 heteroatoms. The van der Waals surface area contributed by atoms with Crippen LogP contribution in [0.3, 0.4) is 0 Å². The quantitative estimate of drug-likeness (QED) is 0.811. The van der Waals surface area contributed by atoms with E-state index in [0.29, 0.717) is 0 Å². The van der Waals surface area contributed by atoms with Gasteiger partial charge in [-0.05, 0) is 12.5 Å². The lowest BCUT2D eigenvalue weighted by atomic mass is 10.1. The van der Waals surface area contributed by atoms with E-state index in [4.69, 9.17) is 4.74 Å². The third kappa shape index (κ3) is 1.80. The maximum atomic E-state index is 10.1. The second kappa shape index (κ2) is 3.93. The van der Waals surface area contributed by atoms with Gasteiger partial charge in [0.05, 0.1) is 6.61 Å². The van der Waals surface area contributed by atoms with Crippen LogP contribution in [0.25, 0.3) is 0 Å². The van der Waals surface area contributed by atoms with E-state index in [1.165, 1.54) is 0 Å². The van der Waals surface area contributed by atoms with Crippen LogP contribution in [0.2, 0.25) is 0 Å². The molecule has 1 aromatic rings. The van der Waals surface area contributed by atoms with Crippen molar-refractivity contribution in [3.63, 3.8) is 0 Å². The van der Waals surface area contributed by atoms with Crippen molar-refractivity contribution in [2.45, 2.75) is 18.0 Å². The molecule has 1 saturated heterocycles. The van der Waals surface area contributed by atoms with E-state index in [9.17, 15) is 5.11 Å². The predicted molar refractivity (Wildman–Crippen MR) is 58.2 cm³/mol. The van der Waals surface area contributed by atoms with Crippen molar-refractivity contribution in [1.82, 2.24) is 0 Å². The molecule has 0 radical (unpaired) electrons. The van der Waals surface area contributed by atoms with Crippen LogP contribution >= 0.6 is 11.8 Å². The highest BCUT2D eigenvalue weighted by Crippen LogP contribution is 2.42. The number of hydrogen-bond acceptors (Lipinski definition) is 3. The fourth-order valence-corrected chi connectivity index (χ4v) is 2.66. The molecule has 2 rings (SSSR count). The molecule has 2 unspecified atom stereocenters. The number of aliphatic hydroxyl groups excluding tert-OH is 1. The van der Waals surface area contributed by atoms with Crippen LogP contribution in [0, 0.1) is 0 Å². The van der Waals surface area contributed by atoms with Gasteiger partial charge in [0.1, 0.15) is 11.0 Å². The van der Waals surface area contributed by atoms with Crippen molar-refractivity contribution in [3.8, 4) is 0 Å². The van der Waals surface area contributed by atoms with Crippen molar-refractivity contribution in [2.75, 3.05) is 12.4 Å². The average Bonchev–Trinajstić information content (AvgIpc) is 2.67. The third-order valence-corrected chi connectivity index (χ3v) is 3.76. The van der Waals surface area contributed by atoms with Gasteiger partial charge in [-0.3, -0.25) is 0 Å². The summed E-state index contributed by atoms with van der Waals surface area (Å²) in [6, 6.07) is 9.67. The van der Waals surface area contributed by atoms with Gasteiger partial charge in [0.2, 0.25) is 0 Å². The molecule has 0 aromatic heterocycles. The van der Waals surface area contributed by atoms with Gasteiger partial charge in [-0.25, -0.2) is 0 Å². The van der Waals surface area contributed by atoms with Crippen molar-refractivity contribution in [2.24, 2.45) is 0 Å². The average molecular weight is 210 g/mol. The summed E-state index contributed by atoms with van der Waals surface area (Å²) < 4.78 is 5.57. The molecule has 1 aromatic carbocycles. The van der Waals surface area contributed by atoms with E-state index >= 15 is 0 Å². The summed E-state index contributed by atoms with van der Waals surface area (Å²) in [5.74, 6) is 0.959.